The van der Waals surface area contributed by atoms with Crippen LogP contribution in [-0.2, 0) is 0 Å². The summed E-state index contributed by atoms with van der Waals surface area (Å²) >= 11 is 0. The zero-order valence-corrected chi connectivity index (χ0v) is 10.5. The van der Waals surface area contributed by atoms with Gasteiger partial charge in [-0.3, -0.25) is 0 Å². The van der Waals surface area contributed by atoms with Crippen molar-refractivity contribution < 1.29 is 5.73 Å². The van der Waals surface area contributed by atoms with E-state index in [4.69, 9.17) is 0 Å². The Hall–Kier alpha value is -1.60. The smallest absolute Gasteiger partial charge is 0.0777 e. The minimum absolute atomic E-state index is 0.583. The van der Waals surface area contributed by atoms with E-state index in [0.717, 1.165) is 12.5 Å². The molecule has 0 radical (unpaired) electrons. The van der Waals surface area contributed by atoms with E-state index in [-0.39, 0.29) is 0 Å². The summed E-state index contributed by atoms with van der Waals surface area (Å²) in [7, 11) is 0. The van der Waals surface area contributed by atoms with Crippen LogP contribution in [0.25, 0.3) is 0 Å². The second-order valence-electron chi connectivity index (χ2n) is 5.57. The zero-order chi connectivity index (χ0) is 12.1. The first-order valence-electron chi connectivity index (χ1n) is 6.87. The quantitative estimate of drug-likeness (QED) is 0.788. The normalized spacial score (nSPS) is 27.7. The second-order valence-corrected chi connectivity index (χ2v) is 5.57. The number of quaternary nitrogens is 1. The predicted molar refractivity (Wildman–Crippen MR) is 72.4 cm³/mol. The fourth-order valence-corrected chi connectivity index (χ4v) is 4.04. The maximum absolute atomic E-state index is 4.17. The first-order valence-corrected chi connectivity index (χ1v) is 6.87. The highest BCUT2D eigenvalue weighted by atomic mass is 14.6. The molecular weight excluding hydrogens is 218 g/mol. The Labute approximate surface area is 108 Å². The van der Waals surface area contributed by atoms with Gasteiger partial charge in [0.2, 0.25) is 0 Å². The Morgan fingerprint density at radius 2 is 1.33 bits per heavy atom. The van der Waals surface area contributed by atoms with Crippen LogP contribution in [0.4, 0.5) is 0 Å². The van der Waals surface area contributed by atoms with E-state index in [2.05, 4.69) is 54.3 Å². The molecule has 1 nitrogen and oxygen atoms in total. The van der Waals surface area contributed by atoms with Gasteiger partial charge in [-0.2, -0.15) is 0 Å². The van der Waals surface area contributed by atoms with Gasteiger partial charge >= 0.3 is 0 Å². The largest absolute Gasteiger partial charge is 0.357 e. The number of hydrogen-bond donors (Lipinski definition) is 1. The van der Waals surface area contributed by atoms with Crippen LogP contribution in [0.5, 0.6) is 0 Å². The first-order chi connectivity index (χ1) is 8.90. The minimum atomic E-state index is 0.583. The van der Waals surface area contributed by atoms with Gasteiger partial charge in [-0.05, 0) is 28.7 Å². The van der Waals surface area contributed by atoms with Gasteiger partial charge in [0, 0.05) is 17.8 Å². The highest BCUT2D eigenvalue weighted by molar-refractivity contribution is 5.55. The molecule has 2 aromatic carbocycles. The molecule has 90 valence electrons. The average molecular weight is 236 g/mol. The minimum Gasteiger partial charge on any atom is -0.357 e. The third kappa shape index (κ3) is 1.20. The summed E-state index contributed by atoms with van der Waals surface area (Å²) in [6, 6.07) is 18.0. The van der Waals surface area contributed by atoms with Crippen molar-refractivity contribution in [2.24, 2.45) is 5.92 Å². The van der Waals surface area contributed by atoms with Crippen molar-refractivity contribution in [3.8, 4) is 0 Å². The Kier molecular flexibility index (Phi) is 2.12. The van der Waals surface area contributed by atoms with Crippen LogP contribution in [0.3, 0.4) is 0 Å². The lowest BCUT2D eigenvalue weighted by Gasteiger charge is -2.44. The maximum atomic E-state index is 4.17. The SMILES string of the molecule is [NH3+]C[C@@H]1CC2c3ccccc3C1c1ccccc12. The van der Waals surface area contributed by atoms with Crippen molar-refractivity contribution in [3.05, 3.63) is 70.8 Å². The van der Waals surface area contributed by atoms with Gasteiger partial charge in [0.15, 0.2) is 0 Å². The molecule has 0 unspecified atom stereocenters. The Morgan fingerprint density at radius 3 is 1.83 bits per heavy atom. The first kappa shape index (κ1) is 10.3. The third-order valence-corrected chi connectivity index (χ3v) is 4.79. The molecule has 18 heavy (non-hydrogen) atoms. The molecule has 2 aromatic rings. The zero-order valence-electron chi connectivity index (χ0n) is 10.5. The molecule has 5 rings (SSSR count). The monoisotopic (exact) mass is 236 g/mol. The van der Waals surface area contributed by atoms with Gasteiger partial charge in [0.05, 0.1) is 6.54 Å². The maximum Gasteiger partial charge on any atom is 0.0777 e. The molecule has 0 heterocycles. The summed E-state index contributed by atoms with van der Waals surface area (Å²) in [6.45, 7) is 1.05. The summed E-state index contributed by atoms with van der Waals surface area (Å²) in [6.07, 6.45) is 1.28. The van der Waals surface area contributed by atoms with Crippen LogP contribution in [-0.4, -0.2) is 6.54 Å². The summed E-state index contributed by atoms with van der Waals surface area (Å²) in [5.41, 5.74) is 10.4. The Bertz CT molecular complexity index is 555. The summed E-state index contributed by atoms with van der Waals surface area (Å²) in [5, 5.41) is 0. The average Bonchev–Trinajstić information content (AvgIpc) is 2.47. The molecule has 3 aliphatic rings. The molecule has 0 aromatic heterocycles. The molecule has 0 saturated carbocycles. The number of rotatable bonds is 1. The topological polar surface area (TPSA) is 27.6 Å². The second kappa shape index (κ2) is 3.69. The van der Waals surface area contributed by atoms with Gasteiger partial charge < -0.3 is 5.73 Å². The van der Waals surface area contributed by atoms with Crippen molar-refractivity contribution in [2.45, 2.75) is 18.3 Å². The molecule has 3 N–H and O–H groups in total. The van der Waals surface area contributed by atoms with Crippen molar-refractivity contribution in [1.29, 1.82) is 0 Å². The standard InChI is InChI=1S/C17H17N/c18-10-11-9-16-12-5-1-3-7-14(12)17(11)15-8-4-2-6-13(15)16/h1-8,11,16-17H,9-10,18H2/p+1/t11-,16?,17?/m0/s1. The lowest BCUT2D eigenvalue weighted by atomic mass is 9.59. The van der Waals surface area contributed by atoms with E-state index >= 15 is 0 Å². The van der Waals surface area contributed by atoms with Crippen LogP contribution >= 0.6 is 0 Å². The van der Waals surface area contributed by atoms with E-state index in [1.54, 1.807) is 22.3 Å². The molecule has 0 fully saturated rings. The molecule has 0 amide bonds. The number of fused-ring (bicyclic) bond motifs is 1. The lowest BCUT2D eigenvalue weighted by Crippen LogP contribution is -2.56. The summed E-state index contributed by atoms with van der Waals surface area (Å²) in [5.74, 6) is 1.91. The van der Waals surface area contributed by atoms with E-state index in [1.165, 1.54) is 6.42 Å². The highest BCUT2D eigenvalue weighted by Crippen LogP contribution is 2.54. The highest BCUT2D eigenvalue weighted by Gasteiger charge is 2.42. The van der Waals surface area contributed by atoms with E-state index in [0.29, 0.717) is 11.8 Å². The summed E-state index contributed by atoms with van der Waals surface area (Å²) < 4.78 is 0. The molecule has 1 atom stereocenters. The number of hydrogen-bond acceptors (Lipinski definition) is 0. The van der Waals surface area contributed by atoms with Gasteiger partial charge in [0.25, 0.3) is 0 Å². The van der Waals surface area contributed by atoms with Gasteiger partial charge in [0.1, 0.15) is 0 Å². The molecular formula is C17H18N+. The molecule has 1 heteroatoms. The third-order valence-electron chi connectivity index (χ3n) is 4.79. The predicted octanol–water partition coefficient (Wildman–Crippen LogP) is 2.53. The van der Waals surface area contributed by atoms with Crippen molar-refractivity contribution in [1.82, 2.24) is 0 Å². The van der Waals surface area contributed by atoms with E-state index in [1.807, 2.05) is 0 Å². The summed E-state index contributed by atoms with van der Waals surface area (Å²) in [4.78, 5) is 0. The van der Waals surface area contributed by atoms with Crippen molar-refractivity contribution >= 4 is 0 Å². The van der Waals surface area contributed by atoms with Crippen LogP contribution < -0.4 is 5.73 Å². The Balaban J connectivity index is 2.00. The van der Waals surface area contributed by atoms with E-state index < -0.39 is 0 Å². The van der Waals surface area contributed by atoms with Crippen LogP contribution in [0, 0.1) is 5.92 Å². The number of benzene rings is 2. The van der Waals surface area contributed by atoms with Crippen LogP contribution in [0.15, 0.2) is 48.5 Å². The molecule has 3 aliphatic carbocycles. The van der Waals surface area contributed by atoms with Crippen molar-refractivity contribution in [2.75, 3.05) is 6.54 Å². The van der Waals surface area contributed by atoms with Crippen LogP contribution in [0.2, 0.25) is 0 Å². The lowest BCUT2D eigenvalue weighted by molar-refractivity contribution is -0.381. The van der Waals surface area contributed by atoms with Gasteiger partial charge in [-0.1, -0.05) is 48.5 Å². The molecule has 0 spiro atoms. The van der Waals surface area contributed by atoms with Crippen molar-refractivity contribution in [3.63, 3.8) is 0 Å². The molecule has 0 aliphatic heterocycles. The molecule has 0 saturated heterocycles. The van der Waals surface area contributed by atoms with E-state index in [9.17, 15) is 0 Å². The molecule has 2 bridgehead atoms. The van der Waals surface area contributed by atoms with Gasteiger partial charge in [-0.15, -0.1) is 0 Å². The Morgan fingerprint density at radius 1 is 0.833 bits per heavy atom. The van der Waals surface area contributed by atoms with Crippen LogP contribution in [0.1, 0.15) is 40.5 Å². The van der Waals surface area contributed by atoms with Gasteiger partial charge in [-0.25, -0.2) is 0 Å². The fourth-order valence-electron chi connectivity index (χ4n) is 4.04. The fraction of sp³-hybridized carbons (Fsp3) is 0.294.